The number of nitrogens with one attached hydrogen (secondary N) is 1. The van der Waals surface area contributed by atoms with E-state index in [1.807, 2.05) is 0 Å². The maximum Gasteiger partial charge on any atom is 0.0635 e. The number of rotatable bonds is 3. The lowest BCUT2D eigenvalue weighted by Gasteiger charge is -2.27. The topological polar surface area (TPSA) is 35.8 Å². The first kappa shape index (κ1) is 10.4. The molecule has 0 aromatic rings. The van der Waals surface area contributed by atoms with E-state index < -0.39 is 0 Å². The van der Waals surface area contributed by atoms with Gasteiger partial charge in [-0.25, -0.2) is 0 Å². The maximum atomic E-state index is 8.29. The molecule has 0 saturated carbocycles. The predicted octanol–water partition coefficient (Wildman–Crippen LogP) is 1.92. The number of hydrogen-bond acceptors (Lipinski definition) is 2. The molecule has 0 spiro atoms. The van der Waals surface area contributed by atoms with Gasteiger partial charge in [-0.05, 0) is 12.3 Å². The predicted molar refractivity (Wildman–Crippen MR) is 47.1 cm³/mol. The summed E-state index contributed by atoms with van der Waals surface area (Å²) in [5.74, 6) is 0. The minimum Gasteiger partial charge on any atom is -0.313 e. The third-order valence-corrected chi connectivity index (χ3v) is 1.99. The van der Waals surface area contributed by atoms with Crippen LogP contribution in [0.5, 0.6) is 0 Å². The molecule has 0 aliphatic carbocycles. The van der Waals surface area contributed by atoms with Gasteiger partial charge >= 0.3 is 0 Å². The first-order valence-corrected chi connectivity index (χ1v) is 4.09. The summed E-state index contributed by atoms with van der Waals surface area (Å²) in [5, 5.41) is 11.6. The zero-order valence-electron chi connectivity index (χ0n) is 7.94. The van der Waals surface area contributed by atoms with Gasteiger partial charge in [0.05, 0.1) is 6.07 Å². The summed E-state index contributed by atoms with van der Waals surface area (Å²) in [6, 6.07) is 2.58. The zero-order valence-corrected chi connectivity index (χ0v) is 7.94. The summed E-state index contributed by atoms with van der Waals surface area (Å²) < 4.78 is 0. The summed E-state index contributed by atoms with van der Waals surface area (Å²) in [4.78, 5) is 0. The van der Waals surface area contributed by atoms with Crippen molar-refractivity contribution in [2.24, 2.45) is 5.41 Å². The van der Waals surface area contributed by atoms with Gasteiger partial charge in [0.2, 0.25) is 0 Å². The molecule has 64 valence electrons. The van der Waals surface area contributed by atoms with Gasteiger partial charge in [-0.15, -0.1) is 0 Å². The quantitative estimate of drug-likeness (QED) is 0.630. The largest absolute Gasteiger partial charge is 0.313 e. The Balaban J connectivity index is 3.55. The van der Waals surface area contributed by atoms with Gasteiger partial charge in [-0.2, -0.15) is 5.26 Å². The molecule has 2 nitrogen and oxygen atoms in total. The van der Waals surface area contributed by atoms with Crippen LogP contribution < -0.4 is 5.32 Å². The van der Waals surface area contributed by atoms with Crippen molar-refractivity contribution in [1.82, 2.24) is 5.32 Å². The summed E-state index contributed by atoms with van der Waals surface area (Å²) in [6.07, 6.45) is 0.598. The first-order chi connectivity index (χ1) is 4.98. The van der Waals surface area contributed by atoms with Crippen molar-refractivity contribution >= 4 is 0 Å². The second-order valence-electron chi connectivity index (χ2n) is 3.95. The van der Waals surface area contributed by atoms with E-state index >= 15 is 0 Å². The molecule has 1 unspecified atom stereocenters. The van der Waals surface area contributed by atoms with E-state index in [0.29, 0.717) is 12.5 Å². The van der Waals surface area contributed by atoms with Crippen LogP contribution in [-0.2, 0) is 0 Å². The Morgan fingerprint density at radius 2 is 2.00 bits per heavy atom. The fourth-order valence-corrected chi connectivity index (χ4v) is 0.651. The fraction of sp³-hybridized carbons (Fsp3) is 0.889. The molecule has 0 fully saturated rings. The second kappa shape index (κ2) is 4.35. The van der Waals surface area contributed by atoms with Gasteiger partial charge in [-0.1, -0.05) is 20.8 Å². The molecular formula is C9H18N2. The molecule has 0 radical (unpaired) electrons. The third kappa shape index (κ3) is 4.80. The van der Waals surface area contributed by atoms with Crippen LogP contribution in [0.3, 0.4) is 0 Å². The summed E-state index contributed by atoms with van der Waals surface area (Å²) in [7, 11) is 0. The van der Waals surface area contributed by atoms with Crippen molar-refractivity contribution in [1.29, 1.82) is 5.26 Å². The third-order valence-electron chi connectivity index (χ3n) is 1.99. The Morgan fingerprint density at radius 3 is 2.36 bits per heavy atom. The molecule has 1 N–H and O–H groups in total. The fourth-order valence-electron chi connectivity index (χ4n) is 0.651. The molecule has 0 aliphatic heterocycles. The highest BCUT2D eigenvalue weighted by Gasteiger charge is 2.18. The highest BCUT2D eigenvalue weighted by Crippen LogP contribution is 2.17. The number of nitrogens with zero attached hydrogens (tertiary/aromatic N) is 1. The SMILES string of the molecule is CC(NCCC#N)C(C)(C)C. The van der Waals surface area contributed by atoms with Gasteiger partial charge in [0, 0.05) is 19.0 Å². The highest BCUT2D eigenvalue weighted by atomic mass is 14.9. The van der Waals surface area contributed by atoms with Crippen LogP contribution >= 0.6 is 0 Å². The normalized spacial score (nSPS) is 14.1. The van der Waals surface area contributed by atoms with Crippen LogP contribution in [0.4, 0.5) is 0 Å². The Kier molecular flexibility index (Phi) is 4.14. The molecule has 11 heavy (non-hydrogen) atoms. The molecule has 0 aliphatic rings. The standard InChI is InChI=1S/C9H18N2/c1-8(9(2,3)4)11-7-5-6-10/h8,11H,5,7H2,1-4H3. The minimum absolute atomic E-state index is 0.287. The van der Waals surface area contributed by atoms with E-state index in [-0.39, 0.29) is 5.41 Å². The smallest absolute Gasteiger partial charge is 0.0635 e. The second-order valence-corrected chi connectivity index (χ2v) is 3.95. The molecule has 0 bridgehead atoms. The van der Waals surface area contributed by atoms with Crippen molar-refractivity contribution in [2.75, 3.05) is 6.54 Å². The lowest BCUT2D eigenvalue weighted by atomic mass is 9.88. The van der Waals surface area contributed by atoms with Gasteiger partial charge < -0.3 is 5.32 Å². The van der Waals surface area contributed by atoms with Crippen LogP contribution in [0.1, 0.15) is 34.1 Å². The van der Waals surface area contributed by atoms with Crippen molar-refractivity contribution in [3.8, 4) is 6.07 Å². The highest BCUT2D eigenvalue weighted by molar-refractivity contribution is 4.78. The molecule has 0 aromatic carbocycles. The van der Waals surface area contributed by atoms with Crippen LogP contribution in [-0.4, -0.2) is 12.6 Å². The zero-order chi connectivity index (χ0) is 8.91. The first-order valence-electron chi connectivity index (χ1n) is 4.09. The lowest BCUT2D eigenvalue weighted by Crippen LogP contribution is -2.37. The van der Waals surface area contributed by atoms with Crippen molar-refractivity contribution in [2.45, 2.75) is 40.2 Å². The molecule has 0 saturated heterocycles. The Labute approximate surface area is 69.6 Å². The van der Waals surface area contributed by atoms with Gasteiger partial charge in [0.25, 0.3) is 0 Å². The number of hydrogen-bond donors (Lipinski definition) is 1. The minimum atomic E-state index is 0.287. The van der Waals surface area contributed by atoms with E-state index in [9.17, 15) is 0 Å². The Bertz CT molecular complexity index is 139. The molecule has 1 atom stereocenters. The molecule has 0 heterocycles. The van der Waals surface area contributed by atoms with Crippen molar-refractivity contribution < 1.29 is 0 Å². The van der Waals surface area contributed by atoms with Crippen LogP contribution in [0.2, 0.25) is 0 Å². The van der Waals surface area contributed by atoms with Crippen LogP contribution in [0, 0.1) is 16.7 Å². The Morgan fingerprint density at radius 1 is 1.45 bits per heavy atom. The van der Waals surface area contributed by atoms with E-state index in [1.165, 1.54) is 0 Å². The van der Waals surface area contributed by atoms with E-state index in [0.717, 1.165) is 6.54 Å². The van der Waals surface area contributed by atoms with Crippen LogP contribution in [0.25, 0.3) is 0 Å². The average Bonchev–Trinajstić information content (AvgIpc) is 1.86. The van der Waals surface area contributed by atoms with E-state index in [4.69, 9.17) is 5.26 Å². The molecule has 0 rings (SSSR count). The van der Waals surface area contributed by atoms with E-state index in [1.54, 1.807) is 0 Å². The molecule has 2 heteroatoms. The maximum absolute atomic E-state index is 8.29. The number of nitriles is 1. The van der Waals surface area contributed by atoms with Crippen molar-refractivity contribution in [3.05, 3.63) is 0 Å². The average molecular weight is 154 g/mol. The molecule has 0 aromatic heterocycles. The van der Waals surface area contributed by atoms with Gasteiger partial charge in [0.1, 0.15) is 0 Å². The summed E-state index contributed by atoms with van der Waals surface area (Å²) in [6.45, 7) is 9.53. The Hall–Kier alpha value is -0.550. The lowest BCUT2D eigenvalue weighted by molar-refractivity contribution is 0.289. The summed E-state index contributed by atoms with van der Waals surface area (Å²) in [5.41, 5.74) is 0.287. The van der Waals surface area contributed by atoms with Crippen molar-refractivity contribution in [3.63, 3.8) is 0 Å². The van der Waals surface area contributed by atoms with Gasteiger partial charge in [-0.3, -0.25) is 0 Å². The van der Waals surface area contributed by atoms with E-state index in [2.05, 4.69) is 39.1 Å². The molecule has 0 amide bonds. The monoisotopic (exact) mass is 154 g/mol. The van der Waals surface area contributed by atoms with Gasteiger partial charge in [0.15, 0.2) is 0 Å². The molecular weight excluding hydrogens is 136 g/mol. The summed E-state index contributed by atoms with van der Waals surface area (Å²) >= 11 is 0. The van der Waals surface area contributed by atoms with Crippen LogP contribution in [0.15, 0.2) is 0 Å².